The van der Waals surface area contributed by atoms with Crippen LogP contribution < -0.4 is 5.32 Å². The van der Waals surface area contributed by atoms with E-state index in [1.165, 1.54) is 11.8 Å². The lowest BCUT2D eigenvalue weighted by Gasteiger charge is -2.10. The molecule has 0 spiro atoms. The zero-order chi connectivity index (χ0) is 20.6. The Hall–Kier alpha value is -2.82. The number of carbonyl (C=O) groups is 1. The van der Waals surface area contributed by atoms with Gasteiger partial charge in [-0.05, 0) is 54.1 Å². The van der Waals surface area contributed by atoms with Crippen molar-refractivity contribution in [3.63, 3.8) is 0 Å². The fraction of sp³-hybridized carbons (Fsp3) is 0.0909. The molecule has 0 radical (unpaired) electrons. The Morgan fingerprint density at radius 1 is 1.00 bits per heavy atom. The molecule has 0 aliphatic heterocycles. The third kappa shape index (κ3) is 6.08. The summed E-state index contributed by atoms with van der Waals surface area (Å²) in [5.41, 5.74) is 2.74. The molecule has 7 heteroatoms. The highest BCUT2D eigenvalue weighted by molar-refractivity contribution is 7.99. The first-order valence-corrected chi connectivity index (χ1v) is 10.5. The summed E-state index contributed by atoms with van der Waals surface area (Å²) < 4.78 is 24.8. The van der Waals surface area contributed by atoms with Gasteiger partial charge >= 0.3 is 0 Å². The van der Waals surface area contributed by atoms with E-state index >= 15 is 0 Å². The third-order valence-corrected chi connectivity index (χ3v) is 5.81. The average molecular weight is 427 g/mol. The Morgan fingerprint density at radius 3 is 2.34 bits per heavy atom. The number of nitriles is 1. The molecule has 3 rings (SSSR count). The first-order valence-electron chi connectivity index (χ1n) is 8.62. The van der Waals surface area contributed by atoms with Crippen LogP contribution in [0.3, 0.4) is 0 Å². The normalized spacial score (nSPS) is 10.6. The first kappa shape index (κ1) is 20.9. The second-order valence-corrected chi connectivity index (χ2v) is 8.03. The number of nitrogens with one attached hydrogen (secondary N) is 1. The van der Waals surface area contributed by atoms with Gasteiger partial charge in [-0.3, -0.25) is 4.79 Å². The van der Waals surface area contributed by atoms with Gasteiger partial charge < -0.3 is 5.32 Å². The Kier molecular flexibility index (Phi) is 7.28. The lowest BCUT2D eigenvalue weighted by molar-refractivity contribution is 0.102. The second-order valence-electron chi connectivity index (χ2n) is 5.95. The summed E-state index contributed by atoms with van der Waals surface area (Å²) in [6.07, 6.45) is 0. The number of benzene rings is 3. The van der Waals surface area contributed by atoms with Crippen LogP contribution in [0.25, 0.3) is 0 Å². The highest BCUT2D eigenvalue weighted by Crippen LogP contribution is 2.28. The summed E-state index contributed by atoms with van der Waals surface area (Å²) in [5.74, 6) is -2.08. The number of rotatable bonds is 7. The lowest BCUT2D eigenvalue weighted by Crippen LogP contribution is -2.12. The third-order valence-electron chi connectivity index (χ3n) is 3.95. The molecule has 0 saturated heterocycles. The van der Waals surface area contributed by atoms with E-state index in [2.05, 4.69) is 11.4 Å². The predicted octanol–water partition coefficient (Wildman–Crippen LogP) is 6.42. The lowest BCUT2D eigenvalue weighted by atomic mass is 10.2. The molecule has 0 heterocycles. The van der Waals surface area contributed by atoms with Crippen LogP contribution in [0.5, 0.6) is 0 Å². The van der Waals surface area contributed by atoms with E-state index in [1.807, 2.05) is 24.3 Å². The molecule has 0 atom stereocenters. The highest BCUT2D eigenvalue weighted by atomic mass is 32.2. The van der Waals surface area contributed by atoms with E-state index in [0.29, 0.717) is 39.2 Å². The molecule has 0 aromatic heterocycles. The number of thioether (sulfide) groups is 2. The fourth-order valence-electron chi connectivity index (χ4n) is 2.53. The summed E-state index contributed by atoms with van der Waals surface area (Å²) in [5, 5.41) is 11.7. The maximum Gasteiger partial charge on any atom is 0.288 e. The second kappa shape index (κ2) is 10.1. The number of amides is 1. The minimum absolute atomic E-state index is 0.262. The van der Waals surface area contributed by atoms with Crippen molar-refractivity contribution in [3.05, 3.63) is 89.5 Å². The number of hydrogen-bond acceptors (Lipinski definition) is 4. The van der Waals surface area contributed by atoms with Gasteiger partial charge in [-0.2, -0.15) is 14.0 Å². The van der Waals surface area contributed by atoms with Crippen LogP contribution in [0.15, 0.2) is 82.6 Å². The summed E-state index contributed by atoms with van der Waals surface area (Å²) in [7, 11) is 0. The van der Waals surface area contributed by atoms with Crippen LogP contribution in [-0.4, -0.2) is 11.7 Å². The Balaban J connectivity index is 1.67. The number of nitrogens with zero attached hydrogens (tertiary/aromatic N) is 1. The van der Waals surface area contributed by atoms with E-state index in [4.69, 9.17) is 5.26 Å². The molecule has 3 aromatic rings. The number of halogens is 2. The van der Waals surface area contributed by atoms with Crippen LogP contribution in [0.2, 0.25) is 0 Å². The smallest absolute Gasteiger partial charge is 0.288 e. The van der Waals surface area contributed by atoms with Gasteiger partial charge in [-0.15, -0.1) is 11.8 Å². The molecule has 0 saturated carbocycles. The molecule has 0 bridgehead atoms. The molecule has 29 heavy (non-hydrogen) atoms. The monoisotopic (exact) mass is 426 g/mol. The molecule has 0 aliphatic rings. The number of hydrogen-bond donors (Lipinski definition) is 1. The Morgan fingerprint density at radius 2 is 1.69 bits per heavy atom. The maximum atomic E-state index is 12.7. The number of carbonyl (C=O) groups excluding carboxylic acids is 1. The van der Waals surface area contributed by atoms with Crippen molar-refractivity contribution in [1.29, 1.82) is 5.26 Å². The average Bonchev–Trinajstić information content (AvgIpc) is 2.74. The van der Waals surface area contributed by atoms with E-state index in [9.17, 15) is 13.6 Å². The van der Waals surface area contributed by atoms with Crippen LogP contribution >= 0.6 is 23.5 Å². The van der Waals surface area contributed by atoms with Crippen molar-refractivity contribution in [1.82, 2.24) is 0 Å². The molecule has 0 fully saturated rings. The van der Waals surface area contributed by atoms with Crippen molar-refractivity contribution in [2.45, 2.75) is 21.3 Å². The van der Waals surface area contributed by atoms with Gasteiger partial charge in [-0.1, -0.05) is 36.0 Å². The predicted molar refractivity (Wildman–Crippen MR) is 113 cm³/mol. The minimum Gasteiger partial charge on any atom is -0.322 e. The SMILES string of the molecule is N#Cc1ccc(CSc2ccccc2C(=O)Nc2ccc(SC(F)F)cc2)cc1. The Labute approximate surface area is 176 Å². The number of anilines is 1. The van der Waals surface area contributed by atoms with Gasteiger partial charge in [0.05, 0.1) is 17.2 Å². The van der Waals surface area contributed by atoms with Gasteiger partial charge in [0.25, 0.3) is 11.7 Å². The molecule has 1 N–H and O–H groups in total. The minimum atomic E-state index is -2.48. The van der Waals surface area contributed by atoms with Gasteiger partial charge in [0.2, 0.25) is 0 Å². The quantitative estimate of drug-likeness (QED) is 0.443. The van der Waals surface area contributed by atoms with Crippen molar-refractivity contribution in [2.75, 3.05) is 5.32 Å². The number of alkyl halides is 2. The van der Waals surface area contributed by atoms with E-state index < -0.39 is 5.76 Å². The van der Waals surface area contributed by atoms with Gasteiger partial charge in [0, 0.05) is 21.2 Å². The van der Waals surface area contributed by atoms with Gasteiger partial charge in [0.15, 0.2) is 0 Å². The fourth-order valence-corrected chi connectivity index (χ4v) is 4.04. The van der Waals surface area contributed by atoms with Crippen LogP contribution in [0, 0.1) is 11.3 Å². The van der Waals surface area contributed by atoms with E-state index in [1.54, 1.807) is 48.5 Å². The summed E-state index contributed by atoms with van der Waals surface area (Å²) >= 11 is 2.00. The van der Waals surface area contributed by atoms with Gasteiger partial charge in [0.1, 0.15) is 0 Å². The summed E-state index contributed by atoms with van der Waals surface area (Å²) in [6.45, 7) is 0. The molecular weight excluding hydrogens is 410 g/mol. The molecule has 3 aromatic carbocycles. The zero-order valence-electron chi connectivity index (χ0n) is 15.1. The molecule has 0 unspecified atom stereocenters. The van der Waals surface area contributed by atoms with Crippen LogP contribution in [0.1, 0.15) is 21.5 Å². The molecule has 3 nitrogen and oxygen atoms in total. The standard InChI is InChI=1S/C22H16F2N2OS2/c23-22(24)29-18-11-9-17(10-12-18)26-21(27)19-3-1-2-4-20(19)28-14-16-7-5-15(13-25)6-8-16/h1-12,22H,14H2,(H,26,27). The van der Waals surface area contributed by atoms with Crippen LogP contribution in [-0.2, 0) is 5.75 Å². The van der Waals surface area contributed by atoms with Crippen molar-refractivity contribution < 1.29 is 13.6 Å². The zero-order valence-corrected chi connectivity index (χ0v) is 16.8. The first-order chi connectivity index (χ1) is 14.0. The largest absolute Gasteiger partial charge is 0.322 e. The molecule has 1 amide bonds. The van der Waals surface area contributed by atoms with Gasteiger partial charge in [-0.25, -0.2) is 0 Å². The van der Waals surface area contributed by atoms with Crippen LogP contribution in [0.4, 0.5) is 14.5 Å². The van der Waals surface area contributed by atoms with Crippen molar-refractivity contribution in [3.8, 4) is 6.07 Å². The van der Waals surface area contributed by atoms with E-state index in [0.717, 1.165) is 10.5 Å². The highest BCUT2D eigenvalue weighted by Gasteiger charge is 2.12. The van der Waals surface area contributed by atoms with E-state index in [-0.39, 0.29) is 5.91 Å². The summed E-state index contributed by atoms with van der Waals surface area (Å²) in [6, 6.07) is 23.0. The Bertz CT molecular complexity index is 1020. The molecule has 0 aliphatic carbocycles. The topological polar surface area (TPSA) is 52.9 Å². The maximum absolute atomic E-state index is 12.7. The molecule has 146 valence electrons. The molecular formula is C22H16F2N2OS2. The van der Waals surface area contributed by atoms with Crippen molar-refractivity contribution >= 4 is 35.1 Å². The van der Waals surface area contributed by atoms with Crippen molar-refractivity contribution in [2.24, 2.45) is 0 Å². The summed E-state index contributed by atoms with van der Waals surface area (Å²) in [4.78, 5) is 14.0.